The van der Waals surface area contributed by atoms with Crippen LogP contribution < -0.4 is 10.1 Å². The summed E-state index contributed by atoms with van der Waals surface area (Å²) in [5, 5.41) is 10.7. The van der Waals surface area contributed by atoms with Gasteiger partial charge in [-0.15, -0.1) is 0 Å². The first-order valence-corrected chi connectivity index (χ1v) is 9.81. The van der Waals surface area contributed by atoms with Crippen LogP contribution in [0.5, 0.6) is 5.75 Å². The lowest BCUT2D eigenvalue weighted by atomic mass is 10.2. The number of rotatable bonds is 8. The molecule has 0 aromatic heterocycles. The van der Waals surface area contributed by atoms with E-state index in [0.29, 0.717) is 11.3 Å². The Bertz CT molecular complexity index is 937. The topological polar surface area (TPSA) is 110 Å². The standard InChI is InChI=1S/C19H21NO6S/c1-13(2)27(24,25)17-9-4-3-8-16(17)19(23)20-11-14-6-5-7-15(10-14)26-12-18(21)22/h3-10,13H,11-12H2,1-2H3,(H,20,23)(H,21,22). The van der Waals surface area contributed by atoms with Crippen LogP contribution in [-0.4, -0.2) is 37.3 Å². The smallest absolute Gasteiger partial charge is 0.341 e. The van der Waals surface area contributed by atoms with Crippen LogP contribution >= 0.6 is 0 Å². The average molecular weight is 391 g/mol. The van der Waals surface area contributed by atoms with Crippen molar-refractivity contribution in [2.24, 2.45) is 0 Å². The molecule has 0 saturated heterocycles. The molecule has 144 valence electrons. The van der Waals surface area contributed by atoms with Crippen molar-refractivity contribution in [2.45, 2.75) is 30.5 Å². The first-order chi connectivity index (χ1) is 12.7. The van der Waals surface area contributed by atoms with Crippen molar-refractivity contribution >= 4 is 21.7 Å². The van der Waals surface area contributed by atoms with Gasteiger partial charge in [0.2, 0.25) is 0 Å². The van der Waals surface area contributed by atoms with Crippen molar-refractivity contribution in [3.63, 3.8) is 0 Å². The minimum atomic E-state index is -3.59. The van der Waals surface area contributed by atoms with Crippen molar-refractivity contribution in [2.75, 3.05) is 6.61 Å². The molecular formula is C19H21NO6S. The maximum absolute atomic E-state index is 12.5. The number of carbonyl (C=O) groups is 2. The highest BCUT2D eigenvalue weighted by atomic mass is 32.2. The molecule has 2 N–H and O–H groups in total. The Hall–Kier alpha value is -2.87. The molecule has 0 heterocycles. The molecule has 0 bridgehead atoms. The second-order valence-corrected chi connectivity index (χ2v) is 8.58. The van der Waals surface area contributed by atoms with Crippen molar-refractivity contribution in [1.82, 2.24) is 5.32 Å². The summed E-state index contributed by atoms with van der Waals surface area (Å²) >= 11 is 0. The van der Waals surface area contributed by atoms with Gasteiger partial charge in [0.05, 0.1) is 15.7 Å². The van der Waals surface area contributed by atoms with Gasteiger partial charge in [0.15, 0.2) is 16.4 Å². The summed E-state index contributed by atoms with van der Waals surface area (Å²) in [6.07, 6.45) is 0. The number of amides is 1. The molecule has 0 aliphatic carbocycles. The van der Waals surface area contributed by atoms with Gasteiger partial charge in [-0.1, -0.05) is 24.3 Å². The van der Waals surface area contributed by atoms with Crippen molar-refractivity contribution in [1.29, 1.82) is 0 Å². The fourth-order valence-corrected chi connectivity index (χ4v) is 3.57. The zero-order chi connectivity index (χ0) is 20.0. The number of benzene rings is 2. The van der Waals surface area contributed by atoms with Crippen LogP contribution in [0.4, 0.5) is 0 Å². The number of sulfone groups is 1. The second kappa shape index (κ2) is 8.68. The van der Waals surface area contributed by atoms with Crippen LogP contribution in [0.3, 0.4) is 0 Å². The maximum Gasteiger partial charge on any atom is 0.341 e. The average Bonchev–Trinajstić information content (AvgIpc) is 2.64. The third kappa shape index (κ3) is 5.30. The third-order valence-corrected chi connectivity index (χ3v) is 5.98. The summed E-state index contributed by atoms with van der Waals surface area (Å²) < 4.78 is 30.0. The van der Waals surface area contributed by atoms with Crippen molar-refractivity contribution in [3.8, 4) is 5.75 Å². The Kier molecular flexibility index (Phi) is 6.57. The second-order valence-electron chi connectivity index (χ2n) is 6.10. The van der Waals surface area contributed by atoms with Crippen LogP contribution in [0.2, 0.25) is 0 Å². The zero-order valence-corrected chi connectivity index (χ0v) is 15.8. The molecule has 27 heavy (non-hydrogen) atoms. The molecule has 0 aliphatic heterocycles. The summed E-state index contributed by atoms with van der Waals surface area (Å²) in [5.74, 6) is -1.23. The summed E-state index contributed by atoms with van der Waals surface area (Å²) in [6.45, 7) is 2.80. The van der Waals surface area contributed by atoms with E-state index in [1.54, 1.807) is 50.2 Å². The van der Waals surface area contributed by atoms with E-state index in [2.05, 4.69) is 5.32 Å². The molecule has 0 radical (unpaired) electrons. The van der Waals surface area contributed by atoms with Crippen LogP contribution in [0.25, 0.3) is 0 Å². The van der Waals surface area contributed by atoms with Gasteiger partial charge in [-0.05, 0) is 43.7 Å². The fourth-order valence-electron chi connectivity index (χ4n) is 2.32. The third-order valence-electron chi connectivity index (χ3n) is 3.77. The lowest BCUT2D eigenvalue weighted by Gasteiger charge is -2.13. The lowest BCUT2D eigenvalue weighted by Crippen LogP contribution is -2.26. The van der Waals surface area contributed by atoms with Gasteiger partial charge in [0.25, 0.3) is 5.91 Å². The van der Waals surface area contributed by atoms with Gasteiger partial charge in [0, 0.05) is 6.54 Å². The zero-order valence-electron chi connectivity index (χ0n) is 15.0. The Morgan fingerprint density at radius 2 is 1.81 bits per heavy atom. The van der Waals surface area contributed by atoms with Gasteiger partial charge in [-0.3, -0.25) is 4.79 Å². The van der Waals surface area contributed by atoms with Crippen molar-refractivity contribution in [3.05, 3.63) is 59.7 Å². The monoisotopic (exact) mass is 391 g/mol. The number of carbonyl (C=O) groups excluding carboxylic acids is 1. The molecule has 0 atom stereocenters. The van der Waals surface area contributed by atoms with Gasteiger partial charge in [-0.25, -0.2) is 13.2 Å². The summed E-state index contributed by atoms with van der Waals surface area (Å²) in [7, 11) is -3.59. The Balaban J connectivity index is 2.14. The molecule has 0 fully saturated rings. The Morgan fingerprint density at radius 1 is 1.11 bits per heavy atom. The molecule has 7 nitrogen and oxygen atoms in total. The molecule has 0 spiro atoms. The van der Waals surface area contributed by atoms with E-state index in [4.69, 9.17) is 9.84 Å². The summed E-state index contributed by atoms with van der Waals surface area (Å²) in [5.41, 5.74) is 0.778. The molecular weight excluding hydrogens is 370 g/mol. The minimum absolute atomic E-state index is 0.00366. The van der Waals surface area contributed by atoms with Gasteiger partial charge < -0.3 is 15.2 Å². The number of hydrogen-bond acceptors (Lipinski definition) is 5. The fraction of sp³-hybridized carbons (Fsp3) is 0.263. The lowest BCUT2D eigenvalue weighted by molar-refractivity contribution is -0.139. The predicted molar refractivity (Wildman–Crippen MR) is 99.5 cm³/mol. The molecule has 0 unspecified atom stereocenters. The molecule has 8 heteroatoms. The molecule has 2 rings (SSSR count). The van der Waals surface area contributed by atoms with E-state index in [0.717, 1.165) is 0 Å². The van der Waals surface area contributed by atoms with E-state index < -0.39 is 33.6 Å². The van der Waals surface area contributed by atoms with E-state index in [-0.39, 0.29) is 17.0 Å². The highest BCUT2D eigenvalue weighted by molar-refractivity contribution is 7.92. The largest absolute Gasteiger partial charge is 0.482 e. The van der Waals surface area contributed by atoms with Gasteiger partial charge in [-0.2, -0.15) is 0 Å². The van der Waals surface area contributed by atoms with Crippen molar-refractivity contribution < 1.29 is 27.9 Å². The molecule has 0 saturated carbocycles. The summed E-state index contributed by atoms with van der Waals surface area (Å²) in [4.78, 5) is 23.1. The van der Waals surface area contributed by atoms with Crippen LogP contribution in [-0.2, 0) is 21.2 Å². The number of carboxylic acids is 1. The van der Waals surface area contributed by atoms with Crippen LogP contribution in [0.1, 0.15) is 29.8 Å². The molecule has 2 aromatic rings. The van der Waals surface area contributed by atoms with E-state index >= 15 is 0 Å². The quantitative estimate of drug-likeness (QED) is 0.714. The number of aliphatic carboxylic acids is 1. The number of ether oxygens (including phenoxy) is 1. The highest BCUT2D eigenvalue weighted by Gasteiger charge is 2.25. The molecule has 0 aliphatic rings. The van der Waals surface area contributed by atoms with E-state index in [9.17, 15) is 18.0 Å². The normalized spacial score (nSPS) is 11.2. The van der Waals surface area contributed by atoms with E-state index in [1.165, 1.54) is 12.1 Å². The number of nitrogens with one attached hydrogen (secondary N) is 1. The molecule has 1 amide bonds. The first-order valence-electron chi connectivity index (χ1n) is 8.26. The first kappa shape index (κ1) is 20.4. The SMILES string of the molecule is CC(C)S(=O)(=O)c1ccccc1C(=O)NCc1cccc(OCC(=O)O)c1. The van der Waals surface area contributed by atoms with Crippen LogP contribution in [0, 0.1) is 0 Å². The van der Waals surface area contributed by atoms with E-state index in [1.807, 2.05) is 0 Å². The highest BCUT2D eigenvalue weighted by Crippen LogP contribution is 2.21. The number of hydrogen-bond donors (Lipinski definition) is 2. The summed E-state index contributed by atoms with van der Waals surface area (Å²) in [6, 6.07) is 12.7. The molecule has 2 aromatic carbocycles. The minimum Gasteiger partial charge on any atom is -0.482 e. The Morgan fingerprint density at radius 3 is 2.48 bits per heavy atom. The van der Waals surface area contributed by atoms with Gasteiger partial charge >= 0.3 is 5.97 Å². The predicted octanol–water partition coefficient (Wildman–Crippen LogP) is 2.26. The maximum atomic E-state index is 12.5. The van der Waals surface area contributed by atoms with Crippen LogP contribution in [0.15, 0.2) is 53.4 Å². The number of carboxylic acid groups (broad SMARTS) is 1. The van der Waals surface area contributed by atoms with Gasteiger partial charge in [0.1, 0.15) is 5.75 Å². The Labute approximate surface area is 157 Å².